The van der Waals surface area contributed by atoms with Crippen molar-refractivity contribution in [2.75, 3.05) is 19.3 Å². The first kappa shape index (κ1) is 14.3. The van der Waals surface area contributed by atoms with Crippen LogP contribution in [0.4, 0.5) is 5.69 Å². The molecule has 0 saturated carbocycles. The first-order valence-electron chi connectivity index (χ1n) is 6.17. The zero-order valence-corrected chi connectivity index (χ0v) is 12.1. The van der Waals surface area contributed by atoms with Gasteiger partial charge in [-0.1, -0.05) is 0 Å². The number of hydrogen-bond donors (Lipinski definition) is 3. The third-order valence-electron chi connectivity index (χ3n) is 2.96. The molecule has 2 amide bonds. The summed E-state index contributed by atoms with van der Waals surface area (Å²) in [5, 5.41) is 6.01. The van der Waals surface area contributed by atoms with Gasteiger partial charge >= 0.3 is 0 Å². The van der Waals surface area contributed by atoms with E-state index >= 15 is 0 Å². The predicted octanol–water partition coefficient (Wildman–Crippen LogP) is 1.05. The number of nitrogen functional groups attached to an aromatic ring is 1. The number of carbonyl (C=O) groups is 2. The summed E-state index contributed by atoms with van der Waals surface area (Å²) in [4.78, 5) is 28.6. The molecule has 0 bridgehead atoms. The molecule has 2 heterocycles. The molecule has 20 heavy (non-hydrogen) atoms. The van der Waals surface area contributed by atoms with Crippen LogP contribution in [-0.4, -0.2) is 30.4 Å². The van der Waals surface area contributed by atoms with Crippen LogP contribution in [0.5, 0.6) is 0 Å². The van der Waals surface area contributed by atoms with Crippen molar-refractivity contribution < 1.29 is 9.59 Å². The van der Waals surface area contributed by atoms with E-state index in [4.69, 9.17) is 5.73 Å². The summed E-state index contributed by atoms with van der Waals surface area (Å²) in [6.45, 7) is 2.21. The van der Waals surface area contributed by atoms with Crippen molar-refractivity contribution in [3.8, 4) is 0 Å². The van der Waals surface area contributed by atoms with Crippen LogP contribution < -0.4 is 16.4 Å². The normalized spacial score (nSPS) is 10.5. The monoisotopic (exact) mass is 292 g/mol. The minimum absolute atomic E-state index is 0.118. The number of amides is 2. The maximum absolute atomic E-state index is 12.1. The van der Waals surface area contributed by atoms with Gasteiger partial charge in [-0.05, 0) is 18.6 Å². The Hall–Kier alpha value is -2.15. The number of aryl methyl sites for hydroxylation is 1. The molecule has 0 saturated heterocycles. The summed E-state index contributed by atoms with van der Waals surface area (Å²) in [5.74, 6) is -0.388. The zero-order chi connectivity index (χ0) is 14.7. The molecule has 0 atom stereocenters. The molecule has 0 unspecified atom stereocenters. The van der Waals surface area contributed by atoms with Gasteiger partial charge in [0.05, 0.1) is 5.69 Å². The van der Waals surface area contributed by atoms with Gasteiger partial charge < -0.3 is 16.4 Å². The van der Waals surface area contributed by atoms with E-state index in [1.54, 1.807) is 13.2 Å². The number of nitrogens with zero attached hydrogens (tertiary/aromatic N) is 1. The molecule has 2 rings (SSSR count). The highest BCUT2D eigenvalue weighted by Crippen LogP contribution is 2.34. The summed E-state index contributed by atoms with van der Waals surface area (Å²) in [5.41, 5.74) is 7.47. The average molecular weight is 292 g/mol. The molecule has 106 valence electrons. The first-order chi connectivity index (χ1) is 9.54. The van der Waals surface area contributed by atoms with Crippen LogP contribution in [0.3, 0.4) is 0 Å². The second-order valence-electron chi connectivity index (χ2n) is 4.33. The Morgan fingerprint density at radius 1 is 1.45 bits per heavy atom. The summed E-state index contributed by atoms with van der Waals surface area (Å²) < 4.78 is 0. The number of fused-ring (bicyclic) bond motifs is 1. The number of nitrogens with two attached hydrogens (primary N) is 1. The third-order valence-corrected chi connectivity index (χ3v) is 4.07. The Bertz CT molecular complexity index is 666. The van der Waals surface area contributed by atoms with Crippen molar-refractivity contribution in [1.82, 2.24) is 15.6 Å². The molecule has 6 nitrogen and oxygen atoms in total. The van der Waals surface area contributed by atoms with Gasteiger partial charge in [0, 0.05) is 31.6 Å². The molecular formula is C13H16N4O2S. The van der Waals surface area contributed by atoms with Gasteiger partial charge in [-0.3, -0.25) is 9.59 Å². The van der Waals surface area contributed by atoms with Crippen molar-refractivity contribution >= 4 is 39.1 Å². The minimum atomic E-state index is -0.270. The standard InChI is InChI=1S/C13H16N4O2S/c1-7-3-5-17-13-9(7)10(14)11(20-13)12(19)16-6-4-8(18)15-2/h3,5H,4,6,14H2,1-2H3,(H,15,18)(H,16,19). The van der Waals surface area contributed by atoms with E-state index in [9.17, 15) is 9.59 Å². The van der Waals surface area contributed by atoms with Crippen LogP contribution in [-0.2, 0) is 4.79 Å². The highest BCUT2D eigenvalue weighted by molar-refractivity contribution is 7.21. The van der Waals surface area contributed by atoms with Crippen molar-refractivity contribution in [2.45, 2.75) is 13.3 Å². The maximum Gasteiger partial charge on any atom is 0.263 e. The number of rotatable bonds is 4. The summed E-state index contributed by atoms with van der Waals surface area (Å²) in [6.07, 6.45) is 1.94. The highest BCUT2D eigenvalue weighted by atomic mass is 32.1. The third kappa shape index (κ3) is 2.72. The molecular weight excluding hydrogens is 276 g/mol. The number of anilines is 1. The lowest BCUT2D eigenvalue weighted by atomic mass is 10.2. The SMILES string of the molecule is CNC(=O)CCNC(=O)c1sc2nccc(C)c2c1N. The van der Waals surface area contributed by atoms with E-state index in [0.717, 1.165) is 15.8 Å². The largest absolute Gasteiger partial charge is 0.397 e. The molecule has 0 fully saturated rings. The number of nitrogens with one attached hydrogen (secondary N) is 2. The molecule has 2 aromatic heterocycles. The number of carbonyl (C=O) groups excluding carboxylic acids is 2. The van der Waals surface area contributed by atoms with Crippen LogP contribution >= 0.6 is 11.3 Å². The van der Waals surface area contributed by atoms with Gasteiger partial charge in [0.15, 0.2) is 0 Å². The van der Waals surface area contributed by atoms with E-state index in [1.165, 1.54) is 11.3 Å². The van der Waals surface area contributed by atoms with E-state index in [2.05, 4.69) is 15.6 Å². The smallest absolute Gasteiger partial charge is 0.263 e. The lowest BCUT2D eigenvalue weighted by Crippen LogP contribution is -2.29. The Labute approximate surface area is 120 Å². The van der Waals surface area contributed by atoms with Gasteiger partial charge in [0.25, 0.3) is 5.91 Å². The molecule has 0 aliphatic rings. The van der Waals surface area contributed by atoms with E-state index in [-0.39, 0.29) is 24.8 Å². The molecule has 0 spiro atoms. The zero-order valence-electron chi connectivity index (χ0n) is 11.3. The average Bonchev–Trinajstić information content (AvgIpc) is 2.77. The molecule has 7 heteroatoms. The van der Waals surface area contributed by atoms with Gasteiger partial charge in [0.1, 0.15) is 9.71 Å². The van der Waals surface area contributed by atoms with E-state index in [0.29, 0.717) is 10.6 Å². The Kier molecular flexibility index (Phi) is 4.19. The Balaban J connectivity index is 2.17. The van der Waals surface area contributed by atoms with Crippen LogP contribution in [0.15, 0.2) is 12.3 Å². The second kappa shape index (κ2) is 5.87. The van der Waals surface area contributed by atoms with Crippen molar-refractivity contribution in [1.29, 1.82) is 0 Å². The van der Waals surface area contributed by atoms with Crippen LogP contribution in [0.2, 0.25) is 0 Å². The number of thiophene rings is 1. The Morgan fingerprint density at radius 2 is 2.20 bits per heavy atom. The summed E-state index contributed by atoms with van der Waals surface area (Å²) in [6, 6.07) is 1.86. The number of hydrogen-bond acceptors (Lipinski definition) is 5. The predicted molar refractivity (Wildman–Crippen MR) is 79.8 cm³/mol. The first-order valence-corrected chi connectivity index (χ1v) is 6.98. The summed E-state index contributed by atoms with van der Waals surface area (Å²) >= 11 is 1.26. The fraction of sp³-hybridized carbons (Fsp3) is 0.308. The molecule has 0 aliphatic heterocycles. The van der Waals surface area contributed by atoms with E-state index < -0.39 is 0 Å². The lowest BCUT2D eigenvalue weighted by molar-refractivity contribution is -0.120. The number of pyridine rings is 1. The van der Waals surface area contributed by atoms with Gasteiger partial charge in [0.2, 0.25) is 5.91 Å². The quantitative estimate of drug-likeness (QED) is 0.784. The Morgan fingerprint density at radius 3 is 2.85 bits per heavy atom. The number of aromatic nitrogens is 1. The van der Waals surface area contributed by atoms with Crippen LogP contribution in [0, 0.1) is 6.92 Å². The fourth-order valence-corrected chi connectivity index (χ4v) is 2.92. The molecule has 2 aromatic rings. The van der Waals surface area contributed by atoms with Gasteiger partial charge in [-0.2, -0.15) is 0 Å². The topological polar surface area (TPSA) is 97.1 Å². The highest BCUT2D eigenvalue weighted by Gasteiger charge is 2.18. The van der Waals surface area contributed by atoms with Crippen LogP contribution in [0.1, 0.15) is 21.7 Å². The van der Waals surface area contributed by atoms with Crippen molar-refractivity contribution in [3.05, 3.63) is 22.7 Å². The molecule has 4 N–H and O–H groups in total. The molecule has 0 aliphatic carbocycles. The van der Waals surface area contributed by atoms with E-state index in [1.807, 2.05) is 13.0 Å². The minimum Gasteiger partial charge on any atom is -0.397 e. The van der Waals surface area contributed by atoms with Crippen molar-refractivity contribution in [2.24, 2.45) is 0 Å². The second-order valence-corrected chi connectivity index (χ2v) is 5.33. The van der Waals surface area contributed by atoms with Crippen molar-refractivity contribution in [3.63, 3.8) is 0 Å². The van der Waals surface area contributed by atoms with Gasteiger partial charge in [-0.25, -0.2) is 4.98 Å². The maximum atomic E-state index is 12.1. The molecule has 0 aromatic carbocycles. The lowest BCUT2D eigenvalue weighted by Gasteiger charge is -2.03. The van der Waals surface area contributed by atoms with Crippen LogP contribution in [0.25, 0.3) is 10.2 Å². The molecule has 0 radical (unpaired) electrons. The summed E-state index contributed by atoms with van der Waals surface area (Å²) in [7, 11) is 1.56. The van der Waals surface area contributed by atoms with Gasteiger partial charge in [-0.15, -0.1) is 11.3 Å². The fourth-order valence-electron chi connectivity index (χ4n) is 1.87.